The van der Waals surface area contributed by atoms with Crippen molar-refractivity contribution in [3.8, 4) is 0 Å². The second-order valence-electron chi connectivity index (χ2n) is 6.15. The van der Waals surface area contributed by atoms with Gasteiger partial charge < -0.3 is 26.6 Å². The number of hydrogen-bond acceptors (Lipinski definition) is 6. The lowest BCUT2D eigenvalue weighted by Crippen LogP contribution is -2.63. The van der Waals surface area contributed by atoms with E-state index in [1.807, 2.05) is 0 Å². The van der Waals surface area contributed by atoms with Crippen molar-refractivity contribution in [1.82, 2.24) is 0 Å². The Balaban J connectivity index is 5.69. The number of hydrogen-bond donors (Lipinski definition) is 0. The smallest absolute Gasteiger partial charge is 0.377 e. The van der Waals surface area contributed by atoms with Gasteiger partial charge >= 0.3 is 41.3 Å². The molecule has 0 rings (SSSR count). The summed E-state index contributed by atoms with van der Waals surface area (Å²) in [5.41, 5.74) is 0. The number of halogens is 8. The molecule has 0 aromatic rings. The minimum Gasteiger partial charge on any atom is -0.377 e. The van der Waals surface area contributed by atoms with E-state index in [0.717, 1.165) is 42.7 Å². The molecule has 16 heteroatoms. The van der Waals surface area contributed by atoms with Crippen molar-refractivity contribution < 1.29 is 61.7 Å². The molecule has 0 N–H and O–H groups in total. The van der Waals surface area contributed by atoms with Gasteiger partial charge in [-0.3, -0.25) is 0 Å². The molecule has 182 valence electrons. The third kappa shape index (κ3) is 5.70. The molecule has 0 heterocycles. The molecular formula is C14H26F8O6Si2. The monoisotopic (exact) mass is 498 g/mol. The van der Waals surface area contributed by atoms with Crippen LogP contribution in [0.2, 0.25) is 12.1 Å². The van der Waals surface area contributed by atoms with Crippen molar-refractivity contribution >= 4 is 17.6 Å². The molecule has 0 aliphatic heterocycles. The fourth-order valence-electron chi connectivity index (χ4n) is 2.51. The van der Waals surface area contributed by atoms with Crippen LogP contribution >= 0.6 is 0 Å². The van der Waals surface area contributed by atoms with E-state index in [4.69, 9.17) is 26.6 Å². The largest absolute Gasteiger partial charge is 0.500 e. The highest BCUT2D eigenvalue weighted by Gasteiger charge is 2.80. The zero-order valence-corrected chi connectivity index (χ0v) is 19.3. The number of rotatable bonds is 15. The lowest BCUT2D eigenvalue weighted by Gasteiger charge is -2.38. The van der Waals surface area contributed by atoms with E-state index in [1.165, 1.54) is 0 Å². The summed E-state index contributed by atoms with van der Waals surface area (Å²) in [6, 6.07) is -2.04. The fourth-order valence-corrected chi connectivity index (χ4v) is 5.97. The third-order valence-corrected chi connectivity index (χ3v) is 10.1. The Labute approximate surface area is 171 Å². The summed E-state index contributed by atoms with van der Waals surface area (Å²) in [5, 5.41) is 0. The highest BCUT2D eigenvalue weighted by atomic mass is 28.4. The van der Waals surface area contributed by atoms with Gasteiger partial charge in [0, 0.05) is 67.6 Å². The molecule has 6 nitrogen and oxygen atoms in total. The molecule has 0 fully saturated rings. The highest BCUT2D eigenvalue weighted by Crippen LogP contribution is 2.55. The molecular weight excluding hydrogens is 472 g/mol. The second kappa shape index (κ2) is 10.5. The average molecular weight is 499 g/mol. The van der Waals surface area contributed by atoms with Crippen molar-refractivity contribution in [3.63, 3.8) is 0 Å². The quantitative estimate of drug-likeness (QED) is 0.251. The van der Waals surface area contributed by atoms with Crippen molar-refractivity contribution in [2.24, 2.45) is 0 Å². The predicted molar refractivity (Wildman–Crippen MR) is 92.2 cm³/mol. The molecule has 0 bridgehead atoms. The summed E-state index contributed by atoms with van der Waals surface area (Å²) in [5.74, 6) is -23.9. The van der Waals surface area contributed by atoms with Crippen LogP contribution in [-0.2, 0) is 26.6 Å². The zero-order chi connectivity index (χ0) is 24.1. The molecule has 0 amide bonds. The topological polar surface area (TPSA) is 55.4 Å². The van der Waals surface area contributed by atoms with Gasteiger partial charge in [0.1, 0.15) is 0 Å². The van der Waals surface area contributed by atoms with E-state index in [-0.39, 0.29) is 0 Å². The normalized spacial score (nSPS) is 15.0. The molecule has 0 saturated heterocycles. The molecule has 0 aliphatic carbocycles. The predicted octanol–water partition coefficient (Wildman–Crippen LogP) is 4.06. The lowest BCUT2D eigenvalue weighted by atomic mass is 9.95. The minimum absolute atomic E-state index is 0.982. The van der Waals surface area contributed by atoms with E-state index in [9.17, 15) is 35.1 Å². The molecule has 0 saturated carbocycles. The van der Waals surface area contributed by atoms with Crippen LogP contribution in [0.1, 0.15) is 12.8 Å². The van der Waals surface area contributed by atoms with Crippen LogP contribution in [0.3, 0.4) is 0 Å². The Morgan fingerprint density at radius 2 is 0.667 bits per heavy atom. The van der Waals surface area contributed by atoms with Crippen molar-refractivity contribution in [2.45, 2.75) is 48.6 Å². The van der Waals surface area contributed by atoms with E-state index in [0.29, 0.717) is 0 Å². The highest BCUT2D eigenvalue weighted by molar-refractivity contribution is 6.60. The lowest BCUT2D eigenvalue weighted by molar-refractivity contribution is -0.366. The maximum absolute atomic E-state index is 14.1. The Morgan fingerprint density at radius 3 is 0.833 bits per heavy atom. The first kappa shape index (κ1) is 29.6. The summed E-state index contributed by atoms with van der Waals surface area (Å²) >= 11 is 0. The molecule has 0 aliphatic rings. The van der Waals surface area contributed by atoms with Crippen LogP contribution in [0.15, 0.2) is 0 Å². The zero-order valence-electron chi connectivity index (χ0n) is 17.3. The first-order valence-corrected chi connectivity index (χ1v) is 12.2. The summed E-state index contributed by atoms with van der Waals surface area (Å²) in [6.07, 6.45) is -3.89. The molecule has 0 aromatic carbocycles. The summed E-state index contributed by atoms with van der Waals surface area (Å²) in [7, 11) is -1.82. The van der Waals surface area contributed by atoms with Crippen molar-refractivity contribution in [3.05, 3.63) is 0 Å². The SMILES string of the molecule is CO[Si](CCC(F)(F)C(F)(F)C(F)(F)C(F)(F)CC[Si](OC)(OC)OC)(OC)OC. The van der Waals surface area contributed by atoms with E-state index >= 15 is 0 Å². The Hall–Kier alpha value is -0.366. The third-order valence-electron chi connectivity index (χ3n) is 4.67. The maximum Gasteiger partial charge on any atom is 0.500 e. The van der Waals surface area contributed by atoms with Gasteiger partial charge in [0.25, 0.3) is 0 Å². The number of alkyl halides is 8. The molecule has 0 unspecified atom stereocenters. The Morgan fingerprint density at radius 1 is 0.467 bits per heavy atom. The van der Waals surface area contributed by atoms with Gasteiger partial charge in [-0.2, -0.15) is 35.1 Å². The summed E-state index contributed by atoms with van der Waals surface area (Å²) < 4.78 is 141. The summed E-state index contributed by atoms with van der Waals surface area (Å²) in [6.45, 7) is 0. The molecule has 0 spiro atoms. The first-order chi connectivity index (χ1) is 13.5. The standard InChI is InChI=1S/C14H26F8O6Si2/c1-23-29(24-2,25-3)9-7-11(15,16)13(19,20)14(21,22)12(17,18)8-10-30(26-4,27-5)28-6/h7-10H2,1-6H3. The van der Waals surface area contributed by atoms with Crippen LogP contribution in [0.4, 0.5) is 35.1 Å². The first-order valence-electron chi connectivity index (χ1n) is 8.35. The van der Waals surface area contributed by atoms with Gasteiger partial charge in [-0.05, 0) is 0 Å². The minimum atomic E-state index is -6.41. The van der Waals surface area contributed by atoms with Gasteiger partial charge in [-0.1, -0.05) is 0 Å². The average Bonchev–Trinajstić information content (AvgIpc) is 2.70. The molecule has 0 radical (unpaired) electrons. The van der Waals surface area contributed by atoms with Crippen molar-refractivity contribution in [2.75, 3.05) is 42.7 Å². The van der Waals surface area contributed by atoms with Crippen LogP contribution in [0.25, 0.3) is 0 Å². The maximum atomic E-state index is 14.1. The van der Waals surface area contributed by atoms with Gasteiger partial charge in [-0.25, -0.2) is 0 Å². The van der Waals surface area contributed by atoms with Gasteiger partial charge in [0.2, 0.25) is 0 Å². The van der Waals surface area contributed by atoms with Crippen molar-refractivity contribution in [1.29, 1.82) is 0 Å². The van der Waals surface area contributed by atoms with Crippen LogP contribution in [-0.4, -0.2) is 84.0 Å². The van der Waals surface area contributed by atoms with E-state index < -0.39 is 66.2 Å². The Bertz CT molecular complexity index is 470. The van der Waals surface area contributed by atoms with Crippen LogP contribution in [0.5, 0.6) is 0 Å². The fraction of sp³-hybridized carbons (Fsp3) is 1.00. The van der Waals surface area contributed by atoms with E-state index in [2.05, 4.69) is 0 Å². The second-order valence-corrected chi connectivity index (χ2v) is 12.3. The molecule has 30 heavy (non-hydrogen) atoms. The molecule has 0 aromatic heterocycles. The van der Waals surface area contributed by atoms with Gasteiger partial charge in [-0.15, -0.1) is 0 Å². The van der Waals surface area contributed by atoms with E-state index in [1.54, 1.807) is 0 Å². The van der Waals surface area contributed by atoms with Gasteiger partial charge in [0.15, 0.2) is 0 Å². The van der Waals surface area contributed by atoms with Crippen LogP contribution in [0, 0.1) is 0 Å². The summed E-state index contributed by atoms with van der Waals surface area (Å²) in [4.78, 5) is 0. The molecule has 0 atom stereocenters. The van der Waals surface area contributed by atoms with Gasteiger partial charge in [0.05, 0.1) is 0 Å². The van der Waals surface area contributed by atoms with Crippen LogP contribution < -0.4 is 0 Å². The Kier molecular flexibility index (Phi) is 10.4.